The van der Waals surface area contributed by atoms with Gasteiger partial charge in [-0.05, 0) is 66.8 Å². The predicted octanol–water partition coefficient (Wildman–Crippen LogP) is 5.21. The number of para-hydroxylation sites is 1. The van der Waals surface area contributed by atoms with Crippen LogP contribution < -0.4 is 14.8 Å². The Kier molecular flexibility index (Phi) is 4.35. The van der Waals surface area contributed by atoms with Gasteiger partial charge in [0, 0.05) is 5.69 Å². The minimum absolute atomic E-state index is 0.447. The SMILES string of the molecule is COc1cc([C@H]2C[C@H]3CC[C@H]2C3)ccc1OC(=O)Nc1ccccc1. The molecule has 0 aliphatic heterocycles. The molecule has 1 N–H and O–H groups in total. The highest BCUT2D eigenvalue weighted by molar-refractivity contribution is 5.86. The number of methoxy groups -OCH3 is 1. The summed E-state index contributed by atoms with van der Waals surface area (Å²) in [6.45, 7) is 0. The van der Waals surface area contributed by atoms with E-state index in [0.29, 0.717) is 23.1 Å². The van der Waals surface area contributed by atoms with Gasteiger partial charge in [0.25, 0.3) is 0 Å². The molecule has 2 aliphatic carbocycles. The zero-order chi connectivity index (χ0) is 17.2. The summed E-state index contributed by atoms with van der Waals surface area (Å²) >= 11 is 0. The number of anilines is 1. The monoisotopic (exact) mass is 337 g/mol. The zero-order valence-corrected chi connectivity index (χ0v) is 14.4. The van der Waals surface area contributed by atoms with Crippen LogP contribution in [-0.4, -0.2) is 13.2 Å². The van der Waals surface area contributed by atoms with Crippen LogP contribution in [-0.2, 0) is 0 Å². The van der Waals surface area contributed by atoms with E-state index in [4.69, 9.17) is 9.47 Å². The van der Waals surface area contributed by atoms with Crippen LogP contribution in [0.5, 0.6) is 11.5 Å². The third-order valence-electron chi connectivity index (χ3n) is 5.58. The molecule has 0 aromatic heterocycles. The lowest BCUT2D eigenvalue weighted by atomic mass is 9.83. The lowest BCUT2D eigenvalue weighted by Gasteiger charge is -2.23. The van der Waals surface area contributed by atoms with Gasteiger partial charge in [-0.1, -0.05) is 30.7 Å². The second kappa shape index (κ2) is 6.79. The van der Waals surface area contributed by atoms with Crippen molar-refractivity contribution in [2.75, 3.05) is 12.4 Å². The molecule has 3 atom stereocenters. The van der Waals surface area contributed by atoms with Gasteiger partial charge in [0.05, 0.1) is 7.11 Å². The highest BCUT2D eigenvalue weighted by Crippen LogP contribution is 2.53. The lowest BCUT2D eigenvalue weighted by Crippen LogP contribution is -2.17. The topological polar surface area (TPSA) is 47.6 Å². The Hall–Kier alpha value is -2.49. The van der Waals surface area contributed by atoms with Crippen LogP contribution in [0.2, 0.25) is 0 Å². The summed E-state index contributed by atoms with van der Waals surface area (Å²) in [4.78, 5) is 12.1. The van der Waals surface area contributed by atoms with Crippen molar-refractivity contribution in [3.8, 4) is 11.5 Å². The Morgan fingerprint density at radius 2 is 1.88 bits per heavy atom. The van der Waals surface area contributed by atoms with Gasteiger partial charge in [-0.2, -0.15) is 0 Å². The average Bonchev–Trinajstić information content (AvgIpc) is 3.26. The van der Waals surface area contributed by atoms with E-state index in [9.17, 15) is 4.79 Å². The van der Waals surface area contributed by atoms with Gasteiger partial charge in [0.15, 0.2) is 11.5 Å². The van der Waals surface area contributed by atoms with E-state index in [1.165, 1.54) is 31.2 Å². The molecular formula is C21H23NO3. The Balaban J connectivity index is 1.47. The fourth-order valence-electron chi connectivity index (χ4n) is 4.42. The fraction of sp³-hybridized carbons (Fsp3) is 0.381. The summed E-state index contributed by atoms with van der Waals surface area (Å²) in [5.41, 5.74) is 2.00. The van der Waals surface area contributed by atoms with E-state index in [1.54, 1.807) is 7.11 Å². The van der Waals surface area contributed by atoms with Crippen LogP contribution in [0.1, 0.15) is 37.2 Å². The quantitative estimate of drug-likeness (QED) is 0.833. The summed E-state index contributed by atoms with van der Waals surface area (Å²) in [6, 6.07) is 15.2. The van der Waals surface area contributed by atoms with Gasteiger partial charge < -0.3 is 9.47 Å². The molecule has 2 aromatic carbocycles. The Labute approximate surface area is 148 Å². The first kappa shape index (κ1) is 16.0. The summed E-state index contributed by atoms with van der Waals surface area (Å²) in [5, 5.41) is 2.72. The largest absolute Gasteiger partial charge is 0.493 e. The van der Waals surface area contributed by atoms with Crippen molar-refractivity contribution < 1.29 is 14.3 Å². The molecule has 2 bridgehead atoms. The zero-order valence-electron chi connectivity index (χ0n) is 14.4. The summed E-state index contributed by atoms with van der Waals surface area (Å²) in [7, 11) is 1.61. The Morgan fingerprint density at radius 3 is 2.56 bits per heavy atom. The lowest BCUT2D eigenvalue weighted by molar-refractivity contribution is 0.213. The summed E-state index contributed by atoms with van der Waals surface area (Å²) in [5.74, 6) is 3.39. The van der Waals surface area contributed by atoms with E-state index in [-0.39, 0.29) is 0 Å². The van der Waals surface area contributed by atoms with Gasteiger partial charge in [0.1, 0.15) is 0 Å². The van der Waals surface area contributed by atoms with Gasteiger partial charge >= 0.3 is 6.09 Å². The number of carbonyl (C=O) groups is 1. The minimum Gasteiger partial charge on any atom is -0.493 e. The summed E-state index contributed by atoms with van der Waals surface area (Å²) in [6.07, 6.45) is 4.86. The van der Waals surface area contributed by atoms with Crippen molar-refractivity contribution in [3.05, 3.63) is 54.1 Å². The van der Waals surface area contributed by atoms with Crippen molar-refractivity contribution in [2.45, 2.75) is 31.6 Å². The molecule has 0 unspecified atom stereocenters. The van der Waals surface area contributed by atoms with Crippen molar-refractivity contribution in [2.24, 2.45) is 11.8 Å². The molecule has 4 heteroatoms. The van der Waals surface area contributed by atoms with Crippen molar-refractivity contribution in [1.29, 1.82) is 0 Å². The molecule has 0 saturated heterocycles. The molecule has 4 rings (SSSR count). The van der Waals surface area contributed by atoms with Crippen molar-refractivity contribution in [1.82, 2.24) is 0 Å². The molecule has 1 amide bonds. The first-order valence-corrected chi connectivity index (χ1v) is 8.94. The first-order valence-electron chi connectivity index (χ1n) is 8.94. The van der Waals surface area contributed by atoms with Crippen LogP contribution in [0.25, 0.3) is 0 Å². The van der Waals surface area contributed by atoms with E-state index < -0.39 is 6.09 Å². The van der Waals surface area contributed by atoms with E-state index in [0.717, 1.165) is 11.8 Å². The third kappa shape index (κ3) is 3.34. The van der Waals surface area contributed by atoms with Crippen LogP contribution in [0, 0.1) is 11.8 Å². The molecule has 4 nitrogen and oxygen atoms in total. The number of rotatable bonds is 4. The third-order valence-corrected chi connectivity index (χ3v) is 5.58. The maximum Gasteiger partial charge on any atom is 0.417 e. The highest BCUT2D eigenvalue weighted by Gasteiger charge is 2.40. The Bertz CT molecular complexity index is 759. The number of benzene rings is 2. The molecular weight excluding hydrogens is 314 g/mol. The normalized spacial score (nSPS) is 24.1. The fourth-order valence-corrected chi connectivity index (χ4v) is 4.42. The van der Waals surface area contributed by atoms with Crippen molar-refractivity contribution in [3.63, 3.8) is 0 Å². The Morgan fingerprint density at radius 1 is 1.04 bits per heavy atom. The van der Waals surface area contributed by atoms with Gasteiger partial charge in [-0.3, -0.25) is 5.32 Å². The standard InChI is InChI=1S/C21H23NO3/c1-24-20-13-16(18-12-14-7-8-15(18)11-14)9-10-19(20)25-21(23)22-17-5-3-2-4-6-17/h2-6,9-10,13-15,18H,7-8,11-12H2,1H3,(H,22,23)/t14-,15-,18-/m0/s1. The maximum absolute atomic E-state index is 12.1. The van der Waals surface area contributed by atoms with Crippen LogP contribution in [0.4, 0.5) is 10.5 Å². The smallest absolute Gasteiger partial charge is 0.417 e. The number of fused-ring (bicyclic) bond motifs is 2. The van der Waals surface area contributed by atoms with Gasteiger partial charge in [0.2, 0.25) is 0 Å². The molecule has 0 spiro atoms. The van der Waals surface area contributed by atoms with Crippen LogP contribution in [0.3, 0.4) is 0 Å². The van der Waals surface area contributed by atoms with Crippen LogP contribution in [0.15, 0.2) is 48.5 Å². The predicted molar refractivity (Wildman–Crippen MR) is 97.3 cm³/mol. The van der Waals surface area contributed by atoms with Crippen molar-refractivity contribution >= 4 is 11.8 Å². The number of amides is 1. The molecule has 0 heterocycles. The van der Waals surface area contributed by atoms with E-state index in [1.807, 2.05) is 42.5 Å². The summed E-state index contributed by atoms with van der Waals surface area (Å²) < 4.78 is 10.9. The van der Waals surface area contributed by atoms with Crippen LogP contribution >= 0.6 is 0 Å². The number of hydrogen-bond acceptors (Lipinski definition) is 3. The molecule has 2 fully saturated rings. The molecule has 25 heavy (non-hydrogen) atoms. The molecule has 130 valence electrons. The number of ether oxygens (including phenoxy) is 2. The number of hydrogen-bond donors (Lipinski definition) is 1. The average molecular weight is 337 g/mol. The second-order valence-corrected chi connectivity index (χ2v) is 7.07. The number of carbonyl (C=O) groups excluding carboxylic acids is 1. The second-order valence-electron chi connectivity index (χ2n) is 7.07. The molecule has 2 aromatic rings. The first-order chi connectivity index (χ1) is 12.2. The van der Waals surface area contributed by atoms with Gasteiger partial charge in [-0.25, -0.2) is 4.79 Å². The van der Waals surface area contributed by atoms with E-state index in [2.05, 4.69) is 11.4 Å². The molecule has 2 saturated carbocycles. The maximum atomic E-state index is 12.1. The van der Waals surface area contributed by atoms with E-state index >= 15 is 0 Å². The number of nitrogens with one attached hydrogen (secondary N) is 1. The highest BCUT2D eigenvalue weighted by atomic mass is 16.6. The van der Waals surface area contributed by atoms with Gasteiger partial charge in [-0.15, -0.1) is 0 Å². The molecule has 2 aliphatic rings. The molecule has 0 radical (unpaired) electrons. The minimum atomic E-state index is -0.517.